The molecule has 1 aromatic carbocycles. The van der Waals surface area contributed by atoms with Gasteiger partial charge in [0, 0.05) is 25.1 Å². The lowest BCUT2D eigenvalue weighted by Gasteiger charge is -2.19. The predicted molar refractivity (Wildman–Crippen MR) is 80.9 cm³/mol. The number of pyridine rings is 1. The Morgan fingerprint density at radius 1 is 1.29 bits per heavy atom. The molecule has 0 unspecified atom stereocenters. The number of para-hydroxylation sites is 1. The van der Waals surface area contributed by atoms with E-state index in [0.717, 1.165) is 17.3 Å². The van der Waals surface area contributed by atoms with Crippen LogP contribution in [0.4, 0.5) is 5.69 Å². The second kappa shape index (κ2) is 6.07. The second-order valence-electron chi connectivity index (χ2n) is 4.97. The zero-order valence-electron chi connectivity index (χ0n) is 11.7. The zero-order chi connectivity index (χ0) is 14.7. The summed E-state index contributed by atoms with van der Waals surface area (Å²) >= 11 is 0. The molecule has 1 aliphatic rings. The van der Waals surface area contributed by atoms with Crippen LogP contribution in [0.3, 0.4) is 0 Å². The Bertz CT molecular complexity index is 651. The van der Waals surface area contributed by atoms with Crippen LogP contribution in [0.1, 0.15) is 16.9 Å². The lowest BCUT2D eigenvalue weighted by molar-refractivity contribution is 0.0736. The largest absolute Gasteiger partial charge is 0.380 e. The molecule has 1 aromatic heterocycles. The van der Waals surface area contributed by atoms with E-state index < -0.39 is 0 Å². The third-order valence-corrected chi connectivity index (χ3v) is 3.60. The van der Waals surface area contributed by atoms with Crippen LogP contribution in [0.2, 0.25) is 0 Å². The molecule has 3 N–H and O–H groups in total. The summed E-state index contributed by atoms with van der Waals surface area (Å²) in [5, 5.41) is 0.899. The van der Waals surface area contributed by atoms with Gasteiger partial charge < -0.3 is 15.1 Å². The minimum atomic E-state index is -0.0808. The maximum atomic E-state index is 12.6. The molecule has 2 aromatic rings. The molecule has 0 spiro atoms. The van der Waals surface area contributed by atoms with Crippen molar-refractivity contribution in [3.63, 3.8) is 0 Å². The van der Waals surface area contributed by atoms with Gasteiger partial charge in [-0.1, -0.05) is 18.2 Å². The standard InChI is InChI=1S/C15H18N4O2/c16-18-13-10-14(17-12-5-2-1-4-11(12)13)15(20)19-6-3-8-21-9-7-19/h1-2,4-5,10H,3,6-9,16H2,(H,17,18). The van der Waals surface area contributed by atoms with Crippen molar-refractivity contribution in [2.45, 2.75) is 6.42 Å². The fourth-order valence-electron chi connectivity index (χ4n) is 2.52. The van der Waals surface area contributed by atoms with E-state index in [0.29, 0.717) is 37.7 Å². The summed E-state index contributed by atoms with van der Waals surface area (Å²) in [5.74, 6) is 5.48. The highest BCUT2D eigenvalue weighted by Gasteiger charge is 2.20. The van der Waals surface area contributed by atoms with Gasteiger partial charge in [0.05, 0.1) is 17.8 Å². The smallest absolute Gasteiger partial charge is 0.272 e. The van der Waals surface area contributed by atoms with E-state index in [-0.39, 0.29) is 5.91 Å². The molecular weight excluding hydrogens is 268 g/mol. The SMILES string of the molecule is NNc1cc(C(=O)N2CCCOCC2)nc2ccccc12. The summed E-state index contributed by atoms with van der Waals surface area (Å²) < 4.78 is 5.38. The molecule has 1 aliphatic heterocycles. The molecule has 6 heteroatoms. The number of benzene rings is 1. The summed E-state index contributed by atoms with van der Waals surface area (Å²) in [5.41, 5.74) is 4.51. The number of carbonyl (C=O) groups is 1. The van der Waals surface area contributed by atoms with Gasteiger partial charge in [0.2, 0.25) is 0 Å². The van der Waals surface area contributed by atoms with Crippen LogP contribution in [-0.4, -0.2) is 42.1 Å². The average Bonchev–Trinajstić information content (AvgIpc) is 2.82. The van der Waals surface area contributed by atoms with E-state index in [1.807, 2.05) is 24.3 Å². The fourth-order valence-corrected chi connectivity index (χ4v) is 2.52. The van der Waals surface area contributed by atoms with Gasteiger partial charge in [-0.05, 0) is 18.6 Å². The van der Waals surface area contributed by atoms with Crippen molar-refractivity contribution in [3.05, 3.63) is 36.0 Å². The quantitative estimate of drug-likeness (QED) is 0.644. The number of nitrogens with one attached hydrogen (secondary N) is 1. The molecule has 3 rings (SSSR count). The highest BCUT2D eigenvalue weighted by atomic mass is 16.5. The number of rotatable bonds is 2. The van der Waals surface area contributed by atoms with E-state index in [4.69, 9.17) is 10.6 Å². The second-order valence-corrected chi connectivity index (χ2v) is 4.97. The number of hydrogen-bond donors (Lipinski definition) is 2. The van der Waals surface area contributed by atoms with Crippen molar-refractivity contribution in [2.75, 3.05) is 31.7 Å². The first-order valence-corrected chi connectivity index (χ1v) is 7.03. The monoisotopic (exact) mass is 286 g/mol. The van der Waals surface area contributed by atoms with Crippen LogP contribution in [0.15, 0.2) is 30.3 Å². The summed E-state index contributed by atoms with van der Waals surface area (Å²) in [7, 11) is 0. The molecule has 0 atom stereocenters. The van der Waals surface area contributed by atoms with Gasteiger partial charge in [-0.25, -0.2) is 4.98 Å². The van der Waals surface area contributed by atoms with E-state index in [1.165, 1.54) is 0 Å². The lowest BCUT2D eigenvalue weighted by atomic mass is 10.1. The number of aromatic nitrogens is 1. The zero-order valence-corrected chi connectivity index (χ0v) is 11.7. The number of fused-ring (bicyclic) bond motifs is 1. The Balaban J connectivity index is 1.97. The molecule has 1 fully saturated rings. The normalized spacial score (nSPS) is 15.8. The fraction of sp³-hybridized carbons (Fsp3) is 0.333. The first-order valence-electron chi connectivity index (χ1n) is 7.03. The van der Waals surface area contributed by atoms with Crippen molar-refractivity contribution >= 4 is 22.5 Å². The van der Waals surface area contributed by atoms with Gasteiger partial charge in [0.1, 0.15) is 5.69 Å². The Morgan fingerprint density at radius 3 is 3.00 bits per heavy atom. The van der Waals surface area contributed by atoms with E-state index >= 15 is 0 Å². The topological polar surface area (TPSA) is 80.5 Å². The Kier molecular flexibility index (Phi) is 3.98. The molecule has 0 radical (unpaired) electrons. The van der Waals surface area contributed by atoms with Gasteiger partial charge >= 0.3 is 0 Å². The van der Waals surface area contributed by atoms with Crippen LogP contribution in [-0.2, 0) is 4.74 Å². The van der Waals surface area contributed by atoms with E-state index in [9.17, 15) is 4.79 Å². The van der Waals surface area contributed by atoms with Crippen LogP contribution in [0, 0.1) is 0 Å². The van der Waals surface area contributed by atoms with Crippen molar-refractivity contribution < 1.29 is 9.53 Å². The first-order chi connectivity index (χ1) is 10.3. The van der Waals surface area contributed by atoms with Crippen LogP contribution in [0.25, 0.3) is 10.9 Å². The minimum absolute atomic E-state index is 0.0808. The molecular formula is C15H18N4O2. The molecule has 0 bridgehead atoms. The number of anilines is 1. The summed E-state index contributed by atoms with van der Waals surface area (Å²) in [6.45, 7) is 2.56. The first kappa shape index (κ1) is 13.8. The van der Waals surface area contributed by atoms with Gasteiger partial charge in [0.15, 0.2) is 0 Å². The third kappa shape index (κ3) is 2.81. The number of carbonyl (C=O) groups excluding carboxylic acids is 1. The Morgan fingerprint density at radius 2 is 2.14 bits per heavy atom. The lowest BCUT2D eigenvalue weighted by Crippen LogP contribution is -2.33. The summed E-state index contributed by atoms with van der Waals surface area (Å²) in [6, 6.07) is 9.31. The number of hydrogen-bond acceptors (Lipinski definition) is 5. The van der Waals surface area contributed by atoms with Crippen molar-refractivity contribution in [2.24, 2.45) is 5.84 Å². The minimum Gasteiger partial charge on any atom is -0.380 e. The van der Waals surface area contributed by atoms with E-state index in [2.05, 4.69) is 10.4 Å². The number of nitrogens with zero attached hydrogens (tertiary/aromatic N) is 2. The highest BCUT2D eigenvalue weighted by Crippen LogP contribution is 2.23. The number of hydrazine groups is 1. The molecule has 1 amide bonds. The maximum Gasteiger partial charge on any atom is 0.272 e. The number of nitrogen functional groups attached to an aromatic ring is 1. The Hall–Kier alpha value is -2.18. The average molecular weight is 286 g/mol. The molecule has 6 nitrogen and oxygen atoms in total. The maximum absolute atomic E-state index is 12.6. The van der Waals surface area contributed by atoms with Crippen LogP contribution < -0.4 is 11.3 Å². The third-order valence-electron chi connectivity index (χ3n) is 3.60. The van der Waals surface area contributed by atoms with Gasteiger partial charge in [0.25, 0.3) is 5.91 Å². The number of nitrogens with two attached hydrogens (primary N) is 1. The Labute approximate surface area is 122 Å². The molecule has 0 aliphatic carbocycles. The number of amides is 1. The van der Waals surface area contributed by atoms with Crippen molar-refractivity contribution in [3.8, 4) is 0 Å². The molecule has 2 heterocycles. The summed E-state index contributed by atoms with van der Waals surface area (Å²) in [6.07, 6.45) is 0.849. The summed E-state index contributed by atoms with van der Waals surface area (Å²) in [4.78, 5) is 18.8. The van der Waals surface area contributed by atoms with Crippen molar-refractivity contribution in [1.29, 1.82) is 0 Å². The molecule has 110 valence electrons. The predicted octanol–water partition coefficient (Wildman–Crippen LogP) is 1.38. The van der Waals surface area contributed by atoms with Crippen molar-refractivity contribution in [1.82, 2.24) is 9.88 Å². The highest BCUT2D eigenvalue weighted by molar-refractivity contribution is 5.99. The molecule has 21 heavy (non-hydrogen) atoms. The molecule has 1 saturated heterocycles. The van der Waals surface area contributed by atoms with E-state index in [1.54, 1.807) is 11.0 Å². The number of ether oxygens (including phenoxy) is 1. The van der Waals surface area contributed by atoms with Gasteiger partial charge in [-0.2, -0.15) is 0 Å². The van der Waals surface area contributed by atoms with Gasteiger partial charge in [-0.3, -0.25) is 10.6 Å². The van der Waals surface area contributed by atoms with Crippen LogP contribution >= 0.6 is 0 Å². The van der Waals surface area contributed by atoms with Gasteiger partial charge in [-0.15, -0.1) is 0 Å². The van der Waals surface area contributed by atoms with Crippen LogP contribution in [0.5, 0.6) is 0 Å². The molecule has 0 saturated carbocycles.